The van der Waals surface area contributed by atoms with Gasteiger partial charge >= 0.3 is 0 Å². The predicted molar refractivity (Wildman–Crippen MR) is 78.3 cm³/mol. The minimum Gasteiger partial charge on any atom is -0.316 e. The fourth-order valence-electron chi connectivity index (χ4n) is 1.52. The van der Waals surface area contributed by atoms with Crippen LogP contribution < -0.4 is 5.32 Å². The number of rotatable bonds is 9. The normalized spacial score (nSPS) is 13.8. The van der Waals surface area contributed by atoms with Crippen molar-refractivity contribution in [2.75, 3.05) is 12.8 Å². The topological polar surface area (TPSA) is 12.0 Å². The first-order valence-electron chi connectivity index (χ1n) is 6.41. The first-order chi connectivity index (χ1) is 7.49. The second-order valence-electron chi connectivity index (χ2n) is 5.34. The van der Waals surface area contributed by atoms with Crippen molar-refractivity contribution in [3.63, 3.8) is 0 Å². The van der Waals surface area contributed by atoms with Crippen LogP contribution in [0.25, 0.3) is 0 Å². The summed E-state index contributed by atoms with van der Waals surface area (Å²) in [5.41, 5.74) is 0. The van der Waals surface area contributed by atoms with Crippen LogP contribution in [-0.4, -0.2) is 23.6 Å². The van der Waals surface area contributed by atoms with Crippen LogP contribution in [-0.2, 0) is 0 Å². The summed E-state index contributed by atoms with van der Waals surface area (Å²) in [4.78, 5) is 0. The van der Waals surface area contributed by atoms with E-state index in [-0.39, 0.29) is 0 Å². The molecule has 1 nitrogen and oxygen atoms in total. The van der Waals surface area contributed by atoms with Crippen LogP contribution in [0.2, 0.25) is 0 Å². The van der Waals surface area contributed by atoms with Crippen molar-refractivity contribution in [3.05, 3.63) is 12.7 Å². The Morgan fingerprint density at radius 3 is 2.44 bits per heavy atom. The molecule has 0 rings (SSSR count). The van der Waals surface area contributed by atoms with Gasteiger partial charge in [-0.25, -0.2) is 0 Å². The van der Waals surface area contributed by atoms with Crippen LogP contribution in [0, 0.1) is 0 Å². The Bertz CT molecular complexity index is 172. The molecule has 0 aromatic rings. The lowest BCUT2D eigenvalue weighted by atomic mass is 10.1. The van der Waals surface area contributed by atoms with Crippen molar-refractivity contribution >= 4 is 11.8 Å². The SMILES string of the molecule is C=CCCCCCC(CSC(C)(C)C)NC. The molecule has 0 saturated heterocycles. The van der Waals surface area contributed by atoms with Crippen LogP contribution >= 0.6 is 11.8 Å². The van der Waals surface area contributed by atoms with Gasteiger partial charge in [-0.1, -0.05) is 39.7 Å². The van der Waals surface area contributed by atoms with Gasteiger partial charge in [-0.15, -0.1) is 6.58 Å². The minimum absolute atomic E-state index is 0.387. The molecule has 16 heavy (non-hydrogen) atoms. The molecule has 0 aromatic carbocycles. The third kappa shape index (κ3) is 10.6. The number of nitrogens with one attached hydrogen (secondary N) is 1. The van der Waals surface area contributed by atoms with Crippen LogP contribution in [0.3, 0.4) is 0 Å². The van der Waals surface area contributed by atoms with Gasteiger partial charge < -0.3 is 5.32 Å². The van der Waals surface area contributed by atoms with Crippen LogP contribution in [0.5, 0.6) is 0 Å². The first-order valence-corrected chi connectivity index (χ1v) is 7.40. The zero-order valence-corrected chi connectivity index (χ0v) is 12.3. The Morgan fingerprint density at radius 2 is 1.94 bits per heavy atom. The average molecular weight is 243 g/mol. The van der Waals surface area contributed by atoms with Gasteiger partial charge in [-0.3, -0.25) is 0 Å². The van der Waals surface area contributed by atoms with E-state index in [1.807, 2.05) is 6.08 Å². The molecular weight excluding hydrogens is 214 g/mol. The smallest absolute Gasteiger partial charge is 0.0155 e. The molecule has 0 spiro atoms. The summed E-state index contributed by atoms with van der Waals surface area (Å²) in [7, 11) is 2.08. The molecule has 0 radical (unpaired) electrons. The summed E-state index contributed by atoms with van der Waals surface area (Å²) < 4.78 is 0.387. The fraction of sp³-hybridized carbons (Fsp3) is 0.857. The highest BCUT2D eigenvalue weighted by molar-refractivity contribution is 8.00. The molecule has 1 unspecified atom stereocenters. The molecule has 0 amide bonds. The highest BCUT2D eigenvalue weighted by Gasteiger charge is 2.14. The van der Waals surface area contributed by atoms with Crippen molar-refractivity contribution < 1.29 is 0 Å². The van der Waals surface area contributed by atoms with E-state index in [9.17, 15) is 0 Å². The van der Waals surface area contributed by atoms with Gasteiger partial charge in [0, 0.05) is 16.5 Å². The molecule has 0 aliphatic rings. The fourth-order valence-corrected chi connectivity index (χ4v) is 2.55. The van der Waals surface area contributed by atoms with Crippen molar-refractivity contribution in [2.24, 2.45) is 0 Å². The van der Waals surface area contributed by atoms with Crippen LogP contribution in [0.15, 0.2) is 12.7 Å². The summed E-state index contributed by atoms with van der Waals surface area (Å²) in [6.07, 6.45) is 8.46. The molecule has 1 N–H and O–H groups in total. The zero-order valence-electron chi connectivity index (χ0n) is 11.5. The number of hydrogen-bond donors (Lipinski definition) is 1. The molecule has 0 saturated carbocycles. The zero-order chi connectivity index (χ0) is 12.4. The quantitative estimate of drug-likeness (QED) is 0.480. The highest BCUT2D eigenvalue weighted by Crippen LogP contribution is 2.24. The predicted octanol–water partition coefficient (Wildman–Crippen LogP) is 4.24. The molecule has 2 heteroatoms. The maximum atomic E-state index is 3.75. The molecule has 96 valence electrons. The molecular formula is C14H29NS. The highest BCUT2D eigenvalue weighted by atomic mass is 32.2. The number of hydrogen-bond acceptors (Lipinski definition) is 2. The standard InChI is InChI=1S/C14H29NS/c1-6-7-8-9-10-11-13(15-5)12-16-14(2,3)4/h6,13,15H,1,7-12H2,2-5H3. The summed E-state index contributed by atoms with van der Waals surface area (Å²) in [5, 5.41) is 3.42. The molecule has 1 atom stereocenters. The summed E-state index contributed by atoms with van der Waals surface area (Å²) in [6, 6.07) is 0.674. The van der Waals surface area contributed by atoms with Crippen molar-refractivity contribution in [2.45, 2.75) is 63.7 Å². The summed E-state index contributed by atoms with van der Waals surface area (Å²) in [6.45, 7) is 10.6. The van der Waals surface area contributed by atoms with Crippen molar-refractivity contribution in [1.29, 1.82) is 0 Å². The van der Waals surface area contributed by atoms with Gasteiger partial charge in [0.15, 0.2) is 0 Å². The summed E-state index contributed by atoms with van der Waals surface area (Å²) >= 11 is 2.06. The molecule has 0 aliphatic heterocycles. The second kappa shape index (κ2) is 9.12. The van der Waals surface area contributed by atoms with Gasteiger partial charge in [-0.05, 0) is 26.3 Å². The van der Waals surface area contributed by atoms with Crippen LogP contribution in [0.1, 0.15) is 52.9 Å². The van der Waals surface area contributed by atoms with E-state index < -0.39 is 0 Å². The number of allylic oxidation sites excluding steroid dienone is 1. The maximum absolute atomic E-state index is 3.75. The summed E-state index contributed by atoms with van der Waals surface area (Å²) in [5.74, 6) is 1.22. The average Bonchev–Trinajstić information content (AvgIpc) is 2.21. The lowest BCUT2D eigenvalue weighted by molar-refractivity contribution is 0.525. The lowest BCUT2D eigenvalue weighted by Crippen LogP contribution is -2.29. The Kier molecular flexibility index (Phi) is 9.15. The van der Waals surface area contributed by atoms with Crippen molar-refractivity contribution in [3.8, 4) is 0 Å². The van der Waals surface area contributed by atoms with E-state index in [0.717, 1.165) is 0 Å². The minimum atomic E-state index is 0.387. The van der Waals surface area contributed by atoms with E-state index in [1.165, 1.54) is 37.9 Å². The Labute approximate surface area is 106 Å². The second-order valence-corrected chi connectivity index (χ2v) is 7.18. The van der Waals surface area contributed by atoms with E-state index in [2.05, 4.69) is 51.5 Å². The lowest BCUT2D eigenvalue weighted by Gasteiger charge is -2.22. The Balaban J connectivity index is 3.55. The van der Waals surface area contributed by atoms with Gasteiger partial charge in [0.2, 0.25) is 0 Å². The van der Waals surface area contributed by atoms with Gasteiger partial charge in [-0.2, -0.15) is 11.8 Å². The molecule has 0 heterocycles. The monoisotopic (exact) mass is 243 g/mol. The van der Waals surface area contributed by atoms with Gasteiger partial charge in [0.05, 0.1) is 0 Å². The molecule has 0 fully saturated rings. The Hall–Kier alpha value is 0.0500. The third-order valence-corrected chi connectivity index (χ3v) is 4.02. The van der Waals surface area contributed by atoms with Gasteiger partial charge in [0.25, 0.3) is 0 Å². The van der Waals surface area contributed by atoms with Crippen LogP contribution in [0.4, 0.5) is 0 Å². The number of unbranched alkanes of at least 4 members (excludes halogenated alkanes) is 3. The molecule has 0 aromatic heterocycles. The van der Waals surface area contributed by atoms with E-state index >= 15 is 0 Å². The number of thioether (sulfide) groups is 1. The largest absolute Gasteiger partial charge is 0.316 e. The Morgan fingerprint density at radius 1 is 1.25 bits per heavy atom. The first kappa shape index (κ1) is 16.1. The maximum Gasteiger partial charge on any atom is 0.0155 e. The van der Waals surface area contributed by atoms with E-state index in [0.29, 0.717) is 10.8 Å². The van der Waals surface area contributed by atoms with Gasteiger partial charge in [0.1, 0.15) is 0 Å². The van der Waals surface area contributed by atoms with E-state index in [1.54, 1.807) is 0 Å². The third-order valence-electron chi connectivity index (χ3n) is 2.59. The molecule has 0 bridgehead atoms. The van der Waals surface area contributed by atoms with E-state index in [4.69, 9.17) is 0 Å². The van der Waals surface area contributed by atoms with Crippen molar-refractivity contribution in [1.82, 2.24) is 5.32 Å². The molecule has 0 aliphatic carbocycles.